The lowest BCUT2D eigenvalue weighted by Gasteiger charge is -2.06. The third-order valence-electron chi connectivity index (χ3n) is 8.82. The standard InChI is InChI=1S/C39H70O3/c1-2-3-4-5-6-7-8-9-10-11-12-13-14-15-16-17-18-19-20-21-22-23-24-25-26-27-28-29-30-39(41)42-36-35-37-31-33-38(40)34-32-37/h31-34,40H,2-30,35-36H2,1H3. The van der Waals surface area contributed by atoms with Gasteiger partial charge in [-0.25, -0.2) is 0 Å². The van der Waals surface area contributed by atoms with Crippen molar-refractivity contribution in [1.29, 1.82) is 0 Å². The SMILES string of the molecule is CCCCCCCCCCCCCCCCCCCCCCCCCCCCCCC(=O)OCCc1ccc(O)cc1. The summed E-state index contributed by atoms with van der Waals surface area (Å²) in [6, 6.07) is 7.07. The third kappa shape index (κ3) is 27.3. The quantitative estimate of drug-likeness (QED) is 0.0674. The minimum absolute atomic E-state index is 0.0800. The zero-order valence-electron chi connectivity index (χ0n) is 28.0. The molecule has 1 N–H and O–H groups in total. The fraction of sp³-hybridized carbons (Fsp3) is 0.821. The monoisotopic (exact) mass is 587 g/mol. The largest absolute Gasteiger partial charge is 0.508 e. The second-order valence-electron chi connectivity index (χ2n) is 12.9. The molecule has 0 amide bonds. The van der Waals surface area contributed by atoms with Crippen molar-refractivity contribution in [3.8, 4) is 5.75 Å². The van der Waals surface area contributed by atoms with E-state index in [1.165, 1.54) is 167 Å². The van der Waals surface area contributed by atoms with Gasteiger partial charge in [0.1, 0.15) is 5.75 Å². The number of aromatic hydroxyl groups is 1. The fourth-order valence-corrected chi connectivity index (χ4v) is 5.96. The van der Waals surface area contributed by atoms with E-state index in [2.05, 4.69) is 6.92 Å². The van der Waals surface area contributed by atoms with Gasteiger partial charge in [0.05, 0.1) is 6.61 Å². The summed E-state index contributed by atoms with van der Waals surface area (Å²) in [5.74, 6) is 0.186. The molecule has 1 aromatic carbocycles. The number of hydrogen-bond acceptors (Lipinski definition) is 3. The van der Waals surface area contributed by atoms with Crippen LogP contribution in [0.3, 0.4) is 0 Å². The lowest BCUT2D eigenvalue weighted by Crippen LogP contribution is -2.07. The molecule has 0 bridgehead atoms. The smallest absolute Gasteiger partial charge is 0.305 e. The average Bonchev–Trinajstić information content (AvgIpc) is 2.99. The van der Waals surface area contributed by atoms with Crippen LogP contribution in [0.2, 0.25) is 0 Å². The number of unbranched alkanes of at least 4 members (excludes halogenated alkanes) is 27. The molecule has 0 saturated carbocycles. The summed E-state index contributed by atoms with van der Waals surface area (Å²) in [6.07, 6.45) is 40.4. The molecule has 3 heteroatoms. The highest BCUT2D eigenvalue weighted by Crippen LogP contribution is 2.17. The molecule has 0 unspecified atom stereocenters. The lowest BCUT2D eigenvalue weighted by atomic mass is 10.0. The number of benzene rings is 1. The molecule has 0 fully saturated rings. The Labute approximate surface area is 262 Å². The Morgan fingerprint density at radius 1 is 0.500 bits per heavy atom. The van der Waals surface area contributed by atoms with E-state index in [0.717, 1.165) is 18.4 Å². The maximum absolute atomic E-state index is 11.9. The maximum Gasteiger partial charge on any atom is 0.305 e. The number of phenols is 1. The lowest BCUT2D eigenvalue weighted by molar-refractivity contribution is -0.143. The minimum Gasteiger partial charge on any atom is -0.508 e. The van der Waals surface area contributed by atoms with Crippen LogP contribution in [0.15, 0.2) is 24.3 Å². The molecule has 3 nitrogen and oxygen atoms in total. The van der Waals surface area contributed by atoms with Gasteiger partial charge in [0.2, 0.25) is 0 Å². The number of carbonyl (C=O) groups is 1. The van der Waals surface area contributed by atoms with Crippen LogP contribution in [-0.4, -0.2) is 17.7 Å². The van der Waals surface area contributed by atoms with Gasteiger partial charge in [-0.2, -0.15) is 0 Å². The average molecular weight is 587 g/mol. The zero-order valence-corrected chi connectivity index (χ0v) is 28.0. The van der Waals surface area contributed by atoms with Gasteiger partial charge in [0, 0.05) is 12.8 Å². The minimum atomic E-state index is -0.0800. The van der Waals surface area contributed by atoms with Crippen molar-refractivity contribution >= 4 is 5.97 Å². The van der Waals surface area contributed by atoms with Crippen molar-refractivity contribution in [3.05, 3.63) is 29.8 Å². The molecular weight excluding hydrogens is 516 g/mol. The Balaban J connectivity index is 1.67. The molecular formula is C39H70O3. The van der Waals surface area contributed by atoms with Crippen molar-refractivity contribution < 1.29 is 14.6 Å². The molecule has 0 aromatic heterocycles. The van der Waals surface area contributed by atoms with Crippen molar-refractivity contribution in [2.45, 2.75) is 200 Å². The number of hydrogen-bond donors (Lipinski definition) is 1. The first kappa shape index (κ1) is 38.5. The summed E-state index contributed by atoms with van der Waals surface area (Å²) in [5.41, 5.74) is 1.08. The Hall–Kier alpha value is -1.51. The van der Waals surface area contributed by atoms with E-state index in [1.54, 1.807) is 12.1 Å². The van der Waals surface area contributed by atoms with Gasteiger partial charge in [-0.3, -0.25) is 4.79 Å². The fourth-order valence-electron chi connectivity index (χ4n) is 5.96. The van der Waals surface area contributed by atoms with Crippen molar-refractivity contribution in [1.82, 2.24) is 0 Å². The van der Waals surface area contributed by atoms with E-state index >= 15 is 0 Å². The molecule has 0 aliphatic rings. The van der Waals surface area contributed by atoms with E-state index in [0.29, 0.717) is 19.4 Å². The second-order valence-corrected chi connectivity index (χ2v) is 12.9. The van der Waals surface area contributed by atoms with E-state index in [1.807, 2.05) is 12.1 Å². The highest BCUT2D eigenvalue weighted by molar-refractivity contribution is 5.69. The molecule has 0 saturated heterocycles. The van der Waals surface area contributed by atoms with Crippen molar-refractivity contribution in [2.75, 3.05) is 6.61 Å². The highest BCUT2D eigenvalue weighted by atomic mass is 16.5. The van der Waals surface area contributed by atoms with E-state index < -0.39 is 0 Å². The highest BCUT2D eigenvalue weighted by Gasteiger charge is 2.03. The third-order valence-corrected chi connectivity index (χ3v) is 8.82. The number of esters is 1. The van der Waals surface area contributed by atoms with Gasteiger partial charge in [-0.15, -0.1) is 0 Å². The first-order valence-electron chi connectivity index (χ1n) is 18.7. The van der Waals surface area contributed by atoms with Gasteiger partial charge in [0.15, 0.2) is 0 Å². The first-order valence-corrected chi connectivity index (χ1v) is 18.7. The van der Waals surface area contributed by atoms with Gasteiger partial charge >= 0.3 is 5.97 Å². The Bertz CT molecular complexity index is 683. The number of ether oxygens (including phenoxy) is 1. The van der Waals surface area contributed by atoms with E-state index in [-0.39, 0.29) is 11.7 Å². The molecule has 0 aliphatic heterocycles. The number of carbonyl (C=O) groups excluding carboxylic acids is 1. The van der Waals surface area contributed by atoms with Crippen LogP contribution >= 0.6 is 0 Å². The maximum atomic E-state index is 11.9. The summed E-state index contributed by atoms with van der Waals surface area (Å²) in [6.45, 7) is 2.72. The van der Waals surface area contributed by atoms with Crippen LogP contribution in [0.25, 0.3) is 0 Å². The predicted molar refractivity (Wildman–Crippen MR) is 182 cm³/mol. The van der Waals surface area contributed by atoms with Crippen molar-refractivity contribution in [2.24, 2.45) is 0 Å². The van der Waals surface area contributed by atoms with Crippen LogP contribution in [0, 0.1) is 0 Å². The summed E-state index contributed by atoms with van der Waals surface area (Å²) < 4.78 is 5.34. The van der Waals surface area contributed by atoms with Crippen LogP contribution < -0.4 is 0 Å². The number of rotatable bonds is 32. The molecule has 0 aliphatic carbocycles. The molecule has 0 radical (unpaired) electrons. The van der Waals surface area contributed by atoms with E-state index in [9.17, 15) is 9.90 Å². The van der Waals surface area contributed by atoms with Crippen LogP contribution in [0.5, 0.6) is 5.75 Å². The molecule has 42 heavy (non-hydrogen) atoms. The van der Waals surface area contributed by atoms with Gasteiger partial charge in [-0.05, 0) is 24.1 Å². The first-order chi connectivity index (χ1) is 20.7. The van der Waals surface area contributed by atoms with E-state index in [4.69, 9.17) is 4.74 Å². The molecule has 1 aromatic rings. The predicted octanol–water partition coefficient (Wildman–Crippen LogP) is 12.8. The molecule has 1 rings (SSSR count). The van der Waals surface area contributed by atoms with Gasteiger partial charge in [0.25, 0.3) is 0 Å². The molecule has 0 heterocycles. The van der Waals surface area contributed by atoms with Crippen LogP contribution in [-0.2, 0) is 16.0 Å². The Morgan fingerprint density at radius 2 is 0.810 bits per heavy atom. The van der Waals surface area contributed by atoms with Crippen LogP contribution in [0.1, 0.15) is 199 Å². The van der Waals surface area contributed by atoms with Crippen molar-refractivity contribution in [3.63, 3.8) is 0 Å². The molecule has 0 atom stereocenters. The zero-order chi connectivity index (χ0) is 30.2. The normalized spacial score (nSPS) is 11.3. The molecule has 0 spiro atoms. The topological polar surface area (TPSA) is 46.5 Å². The summed E-state index contributed by atoms with van der Waals surface area (Å²) in [4.78, 5) is 11.9. The summed E-state index contributed by atoms with van der Waals surface area (Å²) >= 11 is 0. The van der Waals surface area contributed by atoms with Gasteiger partial charge < -0.3 is 9.84 Å². The summed E-state index contributed by atoms with van der Waals surface area (Å²) in [5, 5.41) is 9.30. The summed E-state index contributed by atoms with van der Waals surface area (Å²) in [7, 11) is 0. The molecule has 244 valence electrons. The number of phenolic OH excluding ortho intramolecular Hbond substituents is 1. The Kier molecular flexibility index (Phi) is 28.4. The van der Waals surface area contributed by atoms with Crippen LogP contribution in [0.4, 0.5) is 0 Å². The Morgan fingerprint density at radius 3 is 1.14 bits per heavy atom. The second kappa shape index (κ2) is 30.9. The van der Waals surface area contributed by atoms with Gasteiger partial charge in [-0.1, -0.05) is 192 Å².